The normalized spacial score (nSPS) is 14.8. The van der Waals surface area contributed by atoms with Crippen molar-refractivity contribution in [1.82, 2.24) is 10.2 Å². The molecule has 3 aromatic carbocycles. The molecule has 4 rings (SSSR count). The molecule has 1 heterocycles. The van der Waals surface area contributed by atoms with Gasteiger partial charge in [-0.3, -0.25) is 19.7 Å². The quantitative estimate of drug-likeness (QED) is 0.220. The number of hydrogen-bond acceptors (Lipinski definition) is 7. The van der Waals surface area contributed by atoms with Crippen LogP contribution in [0.2, 0.25) is 0 Å². The zero-order valence-corrected chi connectivity index (χ0v) is 23.2. The van der Waals surface area contributed by atoms with Gasteiger partial charge in [0.1, 0.15) is 0 Å². The maximum absolute atomic E-state index is 12.9. The third kappa shape index (κ3) is 7.14. The van der Waals surface area contributed by atoms with Crippen molar-refractivity contribution in [2.45, 2.75) is 36.8 Å². The van der Waals surface area contributed by atoms with Crippen molar-refractivity contribution in [1.29, 1.82) is 0 Å². The molecule has 1 atom stereocenters. The zero-order chi connectivity index (χ0) is 28.9. The van der Waals surface area contributed by atoms with Crippen LogP contribution >= 0.6 is 0 Å². The fourth-order valence-electron chi connectivity index (χ4n) is 4.40. The van der Waals surface area contributed by atoms with Gasteiger partial charge in [-0.1, -0.05) is 30.3 Å². The summed E-state index contributed by atoms with van der Waals surface area (Å²) in [5.74, 6) is 0. The predicted octanol–water partition coefficient (Wildman–Crippen LogP) is 4.13. The number of nitro benzene ring substituents is 1. The third-order valence-corrected chi connectivity index (χ3v) is 8.22. The Morgan fingerprint density at radius 3 is 2.40 bits per heavy atom. The molecule has 1 aliphatic heterocycles. The summed E-state index contributed by atoms with van der Waals surface area (Å²) >= 11 is 0. The number of carbonyl (C=O) groups excluding carboxylic acids is 1. The molecule has 2 amide bonds. The topological polar surface area (TPSA) is 145 Å². The summed E-state index contributed by atoms with van der Waals surface area (Å²) in [6, 6.07) is 20.5. The molecule has 1 saturated heterocycles. The number of benzene rings is 3. The number of β-amino-alcohol motifs (C(OH)–C–C–N with tert-alkyl or cyclic N) is 1. The van der Waals surface area contributed by atoms with E-state index in [4.69, 9.17) is 0 Å². The average molecular weight is 568 g/mol. The molecule has 0 saturated carbocycles. The smallest absolute Gasteiger partial charge is 0.324 e. The second-order valence-electron chi connectivity index (χ2n) is 10.3. The molecule has 212 valence electrons. The lowest BCUT2D eigenvalue weighted by Gasteiger charge is -2.30. The van der Waals surface area contributed by atoms with Crippen molar-refractivity contribution >= 4 is 33.1 Å². The van der Waals surface area contributed by atoms with Gasteiger partial charge in [0.15, 0.2) is 0 Å². The summed E-state index contributed by atoms with van der Waals surface area (Å²) in [6.07, 6.45) is -0.261. The monoisotopic (exact) mass is 567 g/mol. The molecule has 11 nitrogen and oxygen atoms in total. The van der Waals surface area contributed by atoms with Gasteiger partial charge in [0.2, 0.25) is 0 Å². The van der Waals surface area contributed by atoms with Crippen molar-refractivity contribution in [2.75, 3.05) is 35.8 Å². The number of carbonyl (C=O) groups is 1. The molecule has 0 radical (unpaired) electrons. The van der Waals surface area contributed by atoms with Crippen LogP contribution in [0.5, 0.6) is 0 Å². The number of nitrogens with zero attached hydrogens (tertiary/aromatic N) is 3. The standard InChI is InChI=1S/C28H33N5O6S/c1-28(2,15-16-31-17-18-32(27(31)35)23-11-13-24(14-12-23)33(36)37)29-20-26(34)21-7-6-8-22(19-21)30-40(38,39)25-9-4-3-5-10-25/h3-14,19,26,29-30,34H,15-18,20H2,1-2H3/t26-/m0/s1. The van der Waals surface area contributed by atoms with E-state index in [0.717, 1.165) is 0 Å². The number of amides is 2. The molecule has 12 heteroatoms. The largest absolute Gasteiger partial charge is 0.387 e. The van der Waals surface area contributed by atoms with Crippen LogP contribution in [0.1, 0.15) is 31.9 Å². The van der Waals surface area contributed by atoms with Gasteiger partial charge in [0.05, 0.1) is 15.9 Å². The molecule has 0 bridgehead atoms. The molecular weight excluding hydrogens is 534 g/mol. The number of sulfonamides is 1. The van der Waals surface area contributed by atoms with Crippen LogP contribution in [-0.2, 0) is 10.0 Å². The van der Waals surface area contributed by atoms with Gasteiger partial charge >= 0.3 is 6.03 Å². The second kappa shape index (κ2) is 12.0. The van der Waals surface area contributed by atoms with E-state index < -0.39 is 26.6 Å². The number of anilines is 2. The van der Waals surface area contributed by atoms with Gasteiger partial charge in [-0.05, 0) is 62.2 Å². The minimum Gasteiger partial charge on any atom is -0.387 e. The summed E-state index contributed by atoms with van der Waals surface area (Å²) in [4.78, 5) is 26.8. The Hall–Kier alpha value is -4.00. The van der Waals surface area contributed by atoms with E-state index in [2.05, 4.69) is 10.0 Å². The number of rotatable bonds is 12. The lowest BCUT2D eigenvalue weighted by atomic mass is 9.99. The van der Waals surface area contributed by atoms with Crippen molar-refractivity contribution in [3.8, 4) is 0 Å². The highest BCUT2D eigenvalue weighted by molar-refractivity contribution is 7.92. The SMILES string of the molecule is CC(C)(CCN1CCN(c2ccc([N+](=O)[O-])cc2)C1=O)NC[C@H](O)c1cccc(NS(=O)(=O)c2ccccc2)c1. The summed E-state index contributed by atoms with van der Waals surface area (Å²) in [7, 11) is -3.75. The van der Waals surface area contributed by atoms with E-state index in [0.29, 0.717) is 43.0 Å². The van der Waals surface area contributed by atoms with E-state index in [1.165, 1.54) is 24.3 Å². The molecule has 1 aliphatic rings. The summed E-state index contributed by atoms with van der Waals surface area (Å²) in [6.45, 7) is 5.73. The van der Waals surface area contributed by atoms with Crippen LogP contribution in [0, 0.1) is 10.1 Å². The van der Waals surface area contributed by atoms with Crippen LogP contribution in [0.25, 0.3) is 0 Å². The summed E-state index contributed by atoms with van der Waals surface area (Å²) in [5, 5.41) is 25.0. The first-order chi connectivity index (χ1) is 18.9. The van der Waals surface area contributed by atoms with Gasteiger partial charge in [-0.15, -0.1) is 0 Å². The molecule has 40 heavy (non-hydrogen) atoms. The fourth-order valence-corrected chi connectivity index (χ4v) is 5.47. The van der Waals surface area contributed by atoms with Crippen molar-refractivity contribution in [2.24, 2.45) is 0 Å². The van der Waals surface area contributed by atoms with Gasteiger partial charge in [0.25, 0.3) is 15.7 Å². The van der Waals surface area contributed by atoms with Gasteiger partial charge in [0, 0.05) is 55.2 Å². The molecule has 0 unspecified atom stereocenters. The van der Waals surface area contributed by atoms with Crippen LogP contribution in [0.3, 0.4) is 0 Å². The molecule has 1 fully saturated rings. The van der Waals surface area contributed by atoms with E-state index in [1.54, 1.807) is 64.4 Å². The van der Waals surface area contributed by atoms with E-state index in [-0.39, 0.29) is 23.2 Å². The molecule has 0 aromatic heterocycles. The Morgan fingerprint density at radius 1 is 1.02 bits per heavy atom. The number of non-ortho nitro benzene ring substituents is 1. The number of aliphatic hydroxyl groups excluding tert-OH is 1. The van der Waals surface area contributed by atoms with Crippen LogP contribution in [0.4, 0.5) is 21.9 Å². The zero-order valence-electron chi connectivity index (χ0n) is 22.4. The number of urea groups is 1. The summed E-state index contributed by atoms with van der Waals surface area (Å²) in [5.41, 5.74) is 1.10. The first-order valence-corrected chi connectivity index (χ1v) is 14.4. The van der Waals surface area contributed by atoms with E-state index in [1.807, 2.05) is 13.8 Å². The minimum absolute atomic E-state index is 0.0255. The summed E-state index contributed by atoms with van der Waals surface area (Å²) < 4.78 is 27.8. The number of nitrogens with one attached hydrogen (secondary N) is 2. The highest BCUT2D eigenvalue weighted by atomic mass is 32.2. The average Bonchev–Trinajstić information content (AvgIpc) is 3.31. The predicted molar refractivity (Wildman–Crippen MR) is 153 cm³/mol. The highest BCUT2D eigenvalue weighted by Gasteiger charge is 2.31. The molecule has 0 aliphatic carbocycles. The Morgan fingerprint density at radius 2 is 1.73 bits per heavy atom. The maximum atomic E-state index is 12.9. The Balaban J connectivity index is 1.29. The maximum Gasteiger partial charge on any atom is 0.324 e. The van der Waals surface area contributed by atoms with E-state index in [9.17, 15) is 28.4 Å². The minimum atomic E-state index is -3.75. The lowest BCUT2D eigenvalue weighted by Crippen LogP contribution is -2.44. The van der Waals surface area contributed by atoms with Crippen molar-refractivity contribution < 1.29 is 23.2 Å². The first kappa shape index (κ1) is 29.0. The van der Waals surface area contributed by atoms with Crippen LogP contribution in [0.15, 0.2) is 83.8 Å². The van der Waals surface area contributed by atoms with Crippen LogP contribution < -0.4 is 14.9 Å². The second-order valence-corrected chi connectivity index (χ2v) is 12.0. The van der Waals surface area contributed by atoms with Crippen LogP contribution in [-0.4, -0.2) is 61.1 Å². The molecule has 3 aromatic rings. The van der Waals surface area contributed by atoms with Gasteiger partial charge < -0.3 is 15.3 Å². The number of nitro groups is 1. The Bertz CT molecular complexity index is 1450. The van der Waals surface area contributed by atoms with Gasteiger partial charge in [-0.2, -0.15) is 0 Å². The molecule has 3 N–H and O–H groups in total. The molecule has 0 spiro atoms. The van der Waals surface area contributed by atoms with Crippen molar-refractivity contribution in [3.63, 3.8) is 0 Å². The lowest BCUT2D eigenvalue weighted by molar-refractivity contribution is -0.384. The van der Waals surface area contributed by atoms with Crippen molar-refractivity contribution in [3.05, 3.63) is 94.5 Å². The number of aliphatic hydroxyl groups is 1. The first-order valence-electron chi connectivity index (χ1n) is 12.9. The molecular formula is C28H33N5O6S. The highest BCUT2D eigenvalue weighted by Crippen LogP contribution is 2.25. The fraction of sp³-hybridized carbons (Fsp3) is 0.321. The Labute approximate surface area is 233 Å². The number of hydrogen-bond donors (Lipinski definition) is 3. The Kier molecular flexibility index (Phi) is 8.72. The van der Waals surface area contributed by atoms with E-state index >= 15 is 0 Å². The third-order valence-electron chi connectivity index (χ3n) is 6.82. The van der Waals surface area contributed by atoms with Gasteiger partial charge in [-0.25, -0.2) is 13.2 Å².